The Morgan fingerprint density at radius 3 is 2.89 bits per heavy atom. The van der Waals surface area contributed by atoms with Gasteiger partial charge in [0.1, 0.15) is 6.07 Å². The van der Waals surface area contributed by atoms with Gasteiger partial charge in [0.15, 0.2) is 0 Å². The number of nitrogens with zero attached hydrogens (tertiary/aromatic N) is 2. The number of carbonyl (C=O) groups excluding carboxylic acids is 1. The maximum Gasteiger partial charge on any atom is 0.332 e. The maximum absolute atomic E-state index is 11.5. The van der Waals surface area contributed by atoms with E-state index in [9.17, 15) is 4.79 Å². The number of allylic oxidation sites excluding steroid dienone is 1. The van der Waals surface area contributed by atoms with Crippen molar-refractivity contribution in [1.82, 2.24) is 4.57 Å². The maximum atomic E-state index is 11.5. The second-order valence-corrected chi connectivity index (χ2v) is 4.08. The lowest BCUT2D eigenvalue weighted by Crippen LogP contribution is -2.02. The van der Waals surface area contributed by atoms with Crippen molar-refractivity contribution in [2.45, 2.75) is 13.8 Å². The fourth-order valence-corrected chi connectivity index (χ4v) is 1.98. The quantitative estimate of drug-likeness (QED) is 0.625. The van der Waals surface area contributed by atoms with Crippen molar-refractivity contribution in [3.63, 3.8) is 0 Å². The predicted octanol–water partition coefficient (Wildman–Crippen LogP) is 2.94. The summed E-state index contributed by atoms with van der Waals surface area (Å²) >= 11 is 0. The molecule has 0 bridgehead atoms. The second kappa shape index (κ2) is 5.40. The molecule has 0 fully saturated rings. The third-order valence-electron chi connectivity index (χ3n) is 2.83. The molecule has 1 heterocycles. The van der Waals surface area contributed by atoms with Crippen molar-refractivity contribution in [1.29, 1.82) is 5.26 Å². The normalized spacial score (nSPS) is 11.3. The van der Waals surface area contributed by atoms with Crippen LogP contribution in [0.3, 0.4) is 0 Å². The Morgan fingerprint density at radius 1 is 1.47 bits per heavy atom. The van der Waals surface area contributed by atoms with Gasteiger partial charge in [0.05, 0.1) is 17.7 Å². The van der Waals surface area contributed by atoms with Gasteiger partial charge < -0.3 is 9.30 Å². The molecule has 0 amide bonds. The SMILES string of the molecule is CCOC(=O)/C=C(\C)n1cc(C#N)c2ccccc21. The summed E-state index contributed by atoms with van der Waals surface area (Å²) in [4.78, 5) is 11.5. The van der Waals surface area contributed by atoms with Crippen LogP contribution in [0.1, 0.15) is 19.4 Å². The largest absolute Gasteiger partial charge is 0.463 e. The minimum atomic E-state index is -0.378. The predicted molar refractivity (Wildman–Crippen MR) is 73.2 cm³/mol. The summed E-state index contributed by atoms with van der Waals surface area (Å²) in [6.07, 6.45) is 3.16. The lowest BCUT2D eigenvalue weighted by atomic mass is 10.2. The topological polar surface area (TPSA) is 55.0 Å². The molecule has 0 unspecified atom stereocenters. The molecule has 1 aromatic heterocycles. The number of benzene rings is 1. The molecule has 0 atom stereocenters. The molecule has 2 aromatic rings. The highest BCUT2D eigenvalue weighted by atomic mass is 16.5. The average molecular weight is 254 g/mol. The first-order chi connectivity index (χ1) is 9.17. The molecule has 4 heteroatoms. The third kappa shape index (κ3) is 2.50. The van der Waals surface area contributed by atoms with Gasteiger partial charge in [0.25, 0.3) is 0 Å². The molecule has 2 rings (SSSR count). The summed E-state index contributed by atoms with van der Waals surface area (Å²) in [5.74, 6) is -0.378. The van der Waals surface area contributed by atoms with E-state index in [-0.39, 0.29) is 5.97 Å². The number of nitriles is 1. The minimum Gasteiger partial charge on any atom is -0.463 e. The Kier molecular flexibility index (Phi) is 3.67. The zero-order chi connectivity index (χ0) is 13.8. The van der Waals surface area contributed by atoms with Crippen molar-refractivity contribution in [2.75, 3.05) is 6.61 Å². The first-order valence-corrected chi connectivity index (χ1v) is 6.03. The van der Waals surface area contributed by atoms with Gasteiger partial charge in [-0.15, -0.1) is 0 Å². The van der Waals surface area contributed by atoms with Crippen molar-refractivity contribution in [3.8, 4) is 6.07 Å². The molecule has 0 aliphatic carbocycles. The molecule has 0 spiro atoms. The number of rotatable bonds is 3. The van der Waals surface area contributed by atoms with E-state index in [4.69, 9.17) is 10.00 Å². The molecule has 0 radical (unpaired) electrons. The van der Waals surface area contributed by atoms with Gasteiger partial charge in [-0.3, -0.25) is 0 Å². The molecule has 0 N–H and O–H groups in total. The molecule has 1 aromatic carbocycles. The average Bonchev–Trinajstić information content (AvgIpc) is 2.77. The van der Waals surface area contributed by atoms with Crippen LogP contribution >= 0.6 is 0 Å². The number of para-hydroxylation sites is 1. The van der Waals surface area contributed by atoms with E-state index < -0.39 is 0 Å². The van der Waals surface area contributed by atoms with Crippen LogP contribution in [0.25, 0.3) is 16.6 Å². The van der Waals surface area contributed by atoms with Crippen LogP contribution in [0, 0.1) is 11.3 Å². The second-order valence-electron chi connectivity index (χ2n) is 4.08. The highest BCUT2D eigenvalue weighted by Crippen LogP contribution is 2.23. The van der Waals surface area contributed by atoms with Crippen molar-refractivity contribution < 1.29 is 9.53 Å². The molecule has 0 saturated carbocycles. The van der Waals surface area contributed by atoms with Gasteiger partial charge in [0.2, 0.25) is 0 Å². The van der Waals surface area contributed by atoms with E-state index in [1.54, 1.807) is 13.1 Å². The number of hydrogen-bond donors (Lipinski definition) is 0. The van der Waals surface area contributed by atoms with E-state index in [2.05, 4.69) is 6.07 Å². The minimum absolute atomic E-state index is 0.346. The van der Waals surface area contributed by atoms with Gasteiger partial charge in [-0.05, 0) is 19.9 Å². The van der Waals surface area contributed by atoms with E-state index in [0.717, 1.165) is 16.6 Å². The summed E-state index contributed by atoms with van der Waals surface area (Å²) in [6, 6.07) is 9.75. The molecule has 19 heavy (non-hydrogen) atoms. The number of esters is 1. The van der Waals surface area contributed by atoms with Crippen LogP contribution in [0.4, 0.5) is 0 Å². The Morgan fingerprint density at radius 2 is 2.21 bits per heavy atom. The summed E-state index contributed by atoms with van der Waals surface area (Å²) in [7, 11) is 0. The van der Waals surface area contributed by atoms with Gasteiger partial charge in [-0.25, -0.2) is 4.79 Å². The van der Waals surface area contributed by atoms with Crippen LogP contribution in [-0.4, -0.2) is 17.1 Å². The number of aromatic nitrogens is 1. The standard InChI is InChI=1S/C15H14N2O2/c1-3-19-15(18)8-11(2)17-10-12(9-16)13-6-4-5-7-14(13)17/h4-8,10H,3H2,1-2H3/b11-8+. The highest BCUT2D eigenvalue weighted by Gasteiger charge is 2.09. The van der Waals surface area contributed by atoms with E-state index in [1.807, 2.05) is 35.8 Å². The number of carbonyl (C=O) groups is 1. The van der Waals surface area contributed by atoms with Crippen LogP contribution in [0.5, 0.6) is 0 Å². The number of hydrogen-bond acceptors (Lipinski definition) is 3. The van der Waals surface area contributed by atoms with Crippen molar-refractivity contribution in [3.05, 3.63) is 42.1 Å². The van der Waals surface area contributed by atoms with Crippen LogP contribution < -0.4 is 0 Å². The molecule has 4 nitrogen and oxygen atoms in total. The smallest absolute Gasteiger partial charge is 0.332 e. The summed E-state index contributed by atoms with van der Waals surface area (Å²) < 4.78 is 6.71. The van der Waals surface area contributed by atoms with Crippen LogP contribution in [0.2, 0.25) is 0 Å². The van der Waals surface area contributed by atoms with Crippen molar-refractivity contribution >= 4 is 22.6 Å². The monoisotopic (exact) mass is 254 g/mol. The van der Waals surface area contributed by atoms with E-state index in [0.29, 0.717) is 12.2 Å². The first-order valence-electron chi connectivity index (χ1n) is 6.03. The van der Waals surface area contributed by atoms with Crippen LogP contribution in [0.15, 0.2) is 36.5 Å². The summed E-state index contributed by atoms with van der Waals surface area (Å²) in [5, 5.41) is 10.00. The Bertz CT molecular complexity index is 690. The molecular weight excluding hydrogens is 240 g/mol. The van der Waals surface area contributed by atoms with Crippen LogP contribution in [-0.2, 0) is 9.53 Å². The Hall–Kier alpha value is -2.54. The molecular formula is C15H14N2O2. The fraction of sp³-hybridized carbons (Fsp3) is 0.200. The lowest BCUT2D eigenvalue weighted by molar-refractivity contribution is -0.137. The van der Waals surface area contributed by atoms with E-state index in [1.165, 1.54) is 6.08 Å². The zero-order valence-corrected chi connectivity index (χ0v) is 10.9. The molecule has 0 saturated heterocycles. The first kappa shape index (κ1) is 12.9. The van der Waals surface area contributed by atoms with Gasteiger partial charge in [-0.1, -0.05) is 18.2 Å². The number of ether oxygens (including phenoxy) is 1. The lowest BCUT2D eigenvalue weighted by Gasteiger charge is -2.05. The number of fused-ring (bicyclic) bond motifs is 1. The highest BCUT2D eigenvalue weighted by molar-refractivity contribution is 5.92. The summed E-state index contributed by atoms with van der Waals surface area (Å²) in [5.41, 5.74) is 2.21. The fourth-order valence-electron chi connectivity index (χ4n) is 1.98. The molecule has 0 aliphatic rings. The molecule has 0 aliphatic heterocycles. The third-order valence-corrected chi connectivity index (χ3v) is 2.83. The van der Waals surface area contributed by atoms with Gasteiger partial charge in [-0.2, -0.15) is 5.26 Å². The zero-order valence-electron chi connectivity index (χ0n) is 10.9. The summed E-state index contributed by atoms with van der Waals surface area (Å²) in [6.45, 7) is 3.92. The van der Waals surface area contributed by atoms with E-state index >= 15 is 0 Å². The van der Waals surface area contributed by atoms with Gasteiger partial charge in [0, 0.05) is 23.4 Å². The van der Waals surface area contributed by atoms with Crippen molar-refractivity contribution in [2.24, 2.45) is 0 Å². The molecule has 96 valence electrons. The van der Waals surface area contributed by atoms with Gasteiger partial charge >= 0.3 is 5.97 Å². The Balaban J connectivity index is 2.52. The Labute approximate surface area is 111 Å².